The standard InChI is InChI=1S/C7H14O4.C6H13NO4/c8-3-4-1-2-5(9)7(11)6(4)10;8-2-3-5(10)6(11)4(9)1-7-3/h4-11H,1-3H2;3-11H,1-2H2/t;3-,4+,5+,6-/m.1/s1. The van der Waals surface area contributed by atoms with Crippen LogP contribution in [0.15, 0.2) is 0 Å². The van der Waals surface area contributed by atoms with Gasteiger partial charge >= 0.3 is 0 Å². The van der Waals surface area contributed by atoms with Gasteiger partial charge in [0.05, 0.1) is 37.1 Å². The maximum atomic E-state index is 9.24. The topological polar surface area (TPSA) is 174 Å². The molecule has 0 aromatic rings. The van der Waals surface area contributed by atoms with Gasteiger partial charge in [0.15, 0.2) is 0 Å². The van der Waals surface area contributed by atoms with Crippen molar-refractivity contribution < 1.29 is 40.9 Å². The van der Waals surface area contributed by atoms with Crippen LogP contribution in [-0.4, -0.2) is 103 Å². The van der Waals surface area contributed by atoms with Crippen LogP contribution < -0.4 is 5.32 Å². The number of aliphatic hydroxyl groups excluding tert-OH is 8. The van der Waals surface area contributed by atoms with E-state index in [0.29, 0.717) is 12.8 Å². The second-order valence-electron chi connectivity index (χ2n) is 5.81. The zero-order valence-electron chi connectivity index (χ0n) is 12.2. The molecule has 0 radical (unpaired) electrons. The summed E-state index contributed by atoms with van der Waals surface area (Å²) < 4.78 is 0. The lowest BCUT2D eigenvalue weighted by Gasteiger charge is -2.34. The highest BCUT2D eigenvalue weighted by Gasteiger charge is 2.36. The molecule has 22 heavy (non-hydrogen) atoms. The van der Waals surface area contributed by atoms with E-state index in [1.54, 1.807) is 0 Å². The van der Waals surface area contributed by atoms with Crippen molar-refractivity contribution >= 4 is 0 Å². The summed E-state index contributed by atoms with van der Waals surface area (Å²) in [6.07, 6.45) is -5.11. The van der Waals surface area contributed by atoms with Gasteiger partial charge in [-0.1, -0.05) is 0 Å². The molecule has 1 heterocycles. The van der Waals surface area contributed by atoms with Crippen LogP contribution in [0, 0.1) is 5.92 Å². The predicted octanol–water partition coefficient (Wildman–Crippen LogP) is -4.50. The lowest BCUT2D eigenvalue weighted by Crippen LogP contribution is -2.60. The second kappa shape index (κ2) is 9.06. The molecule has 4 unspecified atom stereocenters. The molecule has 2 rings (SSSR count). The van der Waals surface area contributed by atoms with Gasteiger partial charge in [-0.15, -0.1) is 0 Å². The van der Waals surface area contributed by atoms with Crippen LogP contribution in [0.3, 0.4) is 0 Å². The van der Waals surface area contributed by atoms with Gasteiger partial charge in [0.25, 0.3) is 0 Å². The van der Waals surface area contributed by atoms with Crippen molar-refractivity contribution in [1.29, 1.82) is 0 Å². The van der Waals surface area contributed by atoms with Crippen LogP contribution in [0.1, 0.15) is 12.8 Å². The average Bonchev–Trinajstić information content (AvgIpc) is 2.51. The Morgan fingerprint density at radius 1 is 0.682 bits per heavy atom. The molecule has 9 N–H and O–H groups in total. The maximum absolute atomic E-state index is 9.24. The fourth-order valence-corrected chi connectivity index (χ4v) is 2.58. The van der Waals surface area contributed by atoms with Crippen molar-refractivity contribution in [2.45, 2.75) is 55.5 Å². The summed E-state index contributed by atoms with van der Waals surface area (Å²) in [5.41, 5.74) is 0. The minimum absolute atomic E-state index is 0.134. The molecule has 0 aromatic heterocycles. The minimum Gasteiger partial charge on any atom is -0.396 e. The van der Waals surface area contributed by atoms with Gasteiger partial charge in [-0.05, 0) is 12.8 Å². The molecule has 1 aliphatic carbocycles. The Morgan fingerprint density at radius 2 is 1.27 bits per heavy atom. The highest BCUT2D eigenvalue weighted by atomic mass is 16.4. The first-order valence-electron chi connectivity index (χ1n) is 7.37. The van der Waals surface area contributed by atoms with Gasteiger partial charge in [0.2, 0.25) is 0 Å². The fourth-order valence-electron chi connectivity index (χ4n) is 2.58. The van der Waals surface area contributed by atoms with Gasteiger partial charge < -0.3 is 46.2 Å². The first-order valence-corrected chi connectivity index (χ1v) is 7.37. The molecule has 0 aromatic carbocycles. The molecule has 1 saturated carbocycles. The average molecular weight is 325 g/mol. The van der Waals surface area contributed by atoms with Gasteiger partial charge in [0, 0.05) is 19.1 Å². The van der Waals surface area contributed by atoms with E-state index in [4.69, 9.17) is 30.6 Å². The molecular weight excluding hydrogens is 298 g/mol. The highest BCUT2D eigenvalue weighted by Crippen LogP contribution is 2.24. The largest absolute Gasteiger partial charge is 0.396 e. The second-order valence-corrected chi connectivity index (χ2v) is 5.81. The molecule has 132 valence electrons. The third-order valence-corrected chi connectivity index (χ3v) is 4.24. The van der Waals surface area contributed by atoms with E-state index < -0.39 is 42.7 Å². The Kier molecular flexibility index (Phi) is 8.11. The Labute approximate surface area is 128 Å². The van der Waals surface area contributed by atoms with Crippen molar-refractivity contribution in [3.8, 4) is 0 Å². The molecule has 8 atom stereocenters. The summed E-state index contributed by atoms with van der Waals surface area (Å²) in [6.45, 7) is -0.181. The third kappa shape index (κ3) is 4.82. The zero-order chi connectivity index (χ0) is 16.9. The number of aliphatic hydroxyl groups is 8. The lowest BCUT2D eigenvalue weighted by atomic mass is 9.83. The molecular formula is C13H27NO8. The van der Waals surface area contributed by atoms with Crippen molar-refractivity contribution in [2.24, 2.45) is 5.92 Å². The molecule has 2 aliphatic rings. The van der Waals surface area contributed by atoms with Crippen molar-refractivity contribution in [2.75, 3.05) is 19.8 Å². The number of piperidine rings is 1. The van der Waals surface area contributed by atoms with Gasteiger partial charge in [-0.25, -0.2) is 0 Å². The van der Waals surface area contributed by atoms with E-state index >= 15 is 0 Å². The highest BCUT2D eigenvalue weighted by molar-refractivity contribution is 4.91. The first kappa shape index (κ1) is 19.7. The predicted molar refractivity (Wildman–Crippen MR) is 74.7 cm³/mol. The maximum Gasteiger partial charge on any atom is 0.109 e. The van der Waals surface area contributed by atoms with Crippen LogP contribution >= 0.6 is 0 Å². The van der Waals surface area contributed by atoms with E-state index in [0.717, 1.165) is 0 Å². The van der Waals surface area contributed by atoms with Gasteiger partial charge in [0.1, 0.15) is 12.2 Å². The number of β-amino-alcohol motifs (C(OH)–C–C–N with tert-alkyl or cyclic N) is 1. The molecule has 9 heteroatoms. The van der Waals surface area contributed by atoms with Crippen LogP contribution in [0.25, 0.3) is 0 Å². The van der Waals surface area contributed by atoms with Crippen LogP contribution in [-0.2, 0) is 0 Å². The smallest absolute Gasteiger partial charge is 0.109 e. The summed E-state index contributed by atoms with van der Waals surface area (Å²) in [4.78, 5) is 0. The van der Waals surface area contributed by atoms with Crippen LogP contribution in [0.4, 0.5) is 0 Å². The molecule has 0 bridgehead atoms. The third-order valence-electron chi connectivity index (χ3n) is 4.24. The fraction of sp³-hybridized carbons (Fsp3) is 1.00. The van der Waals surface area contributed by atoms with E-state index in [9.17, 15) is 10.2 Å². The van der Waals surface area contributed by atoms with Crippen molar-refractivity contribution in [3.63, 3.8) is 0 Å². The first-order chi connectivity index (χ1) is 10.3. The van der Waals surface area contributed by atoms with E-state index in [1.165, 1.54) is 0 Å². The Bertz CT molecular complexity index is 286. The van der Waals surface area contributed by atoms with E-state index in [1.807, 2.05) is 0 Å². The van der Waals surface area contributed by atoms with Crippen LogP contribution in [0.5, 0.6) is 0 Å². The zero-order valence-corrected chi connectivity index (χ0v) is 12.2. The van der Waals surface area contributed by atoms with Gasteiger partial charge in [-0.2, -0.15) is 0 Å². The number of nitrogens with one attached hydrogen (secondary N) is 1. The molecule has 0 amide bonds. The summed E-state index contributed by atoms with van der Waals surface area (Å²) in [7, 11) is 0. The molecule has 1 saturated heterocycles. The van der Waals surface area contributed by atoms with Crippen molar-refractivity contribution in [1.82, 2.24) is 5.32 Å². The van der Waals surface area contributed by atoms with E-state index in [2.05, 4.69) is 5.32 Å². The number of rotatable bonds is 2. The minimum atomic E-state index is -1.16. The molecule has 2 fully saturated rings. The quantitative estimate of drug-likeness (QED) is 0.242. The van der Waals surface area contributed by atoms with Crippen molar-refractivity contribution in [3.05, 3.63) is 0 Å². The molecule has 0 spiro atoms. The van der Waals surface area contributed by atoms with E-state index in [-0.39, 0.29) is 25.7 Å². The molecule has 9 nitrogen and oxygen atoms in total. The Balaban J connectivity index is 0.000000220. The SMILES string of the molecule is OCC1CCC(O)C(O)C1O.OC[C@H]1NC[C@H](O)[C@@H](O)[C@H]1O. The molecule has 1 aliphatic heterocycles. The Morgan fingerprint density at radius 3 is 1.82 bits per heavy atom. The van der Waals surface area contributed by atoms with Crippen LogP contribution in [0.2, 0.25) is 0 Å². The normalized spacial score (nSPS) is 45.8. The number of hydrogen-bond donors (Lipinski definition) is 9. The summed E-state index contributed by atoms with van der Waals surface area (Å²) >= 11 is 0. The summed E-state index contributed by atoms with van der Waals surface area (Å²) in [5, 5.41) is 74.8. The Hall–Kier alpha value is -0.360. The monoisotopic (exact) mass is 325 g/mol. The summed E-state index contributed by atoms with van der Waals surface area (Å²) in [5.74, 6) is -0.284. The lowest BCUT2D eigenvalue weighted by molar-refractivity contribution is -0.118. The van der Waals surface area contributed by atoms with Gasteiger partial charge in [-0.3, -0.25) is 0 Å². The number of hydrogen-bond acceptors (Lipinski definition) is 9. The summed E-state index contributed by atoms with van der Waals surface area (Å²) in [6, 6.07) is -0.534.